The number of benzene rings is 1. The van der Waals surface area contributed by atoms with Gasteiger partial charge in [-0.3, -0.25) is 4.79 Å². The van der Waals surface area contributed by atoms with Gasteiger partial charge in [0, 0.05) is 19.3 Å². The van der Waals surface area contributed by atoms with E-state index < -0.39 is 21.7 Å². The quantitative estimate of drug-likeness (QED) is 0.835. The van der Waals surface area contributed by atoms with Gasteiger partial charge in [0.25, 0.3) is 15.9 Å². The molecule has 2 heterocycles. The zero-order valence-electron chi connectivity index (χ0n) is 14.7. The fourth-order valence-corrected chi connectivity index (χ4v) is 4.19. The van der Waals surface area contributed by atoms with Crippen LogP contribution in [0.25, 0.3) is 0 Å². The average molecular weight is 412 g/mol. The molecule has 27 heavy (non-hydrogen) atoms. The number of halogens is 2. The molecule has 1 aliphatic rings. The van der Waals surface area contributed by atoms with Crippen molar-refractivity contribution in [1.82, 2.24) is 9.71 Å². The molecule has 1 aliphatic heterocycles. The Labute approximate surface area is 162 Å². The van der Waals surface area contributed by atoms with Gasteiger partial charge in [0.2, 0.25) is 0 Å². The van der Waals surface area contributed by atoms with E-state index in [1.54, 1.807) is 6.07 Å². The van der Waals surface area contributed by atoms with E-state index in [0.29, 0.717) is 11.7 Å². The summed E-state index contributed by atoms with van der Waals surface area (Å²) in [6.07, 6.45) is 3.45. The molecule has 1 fully saturated rings. The van der Waals surface area contributed by atoms with Crippen molar-refractivity contribution in [3.05, 3.63) is 52.9 Å². The molecule has 0 bridgehead atoms. The van der Waals surface area contributed by atoms with Crippen LogP contribution in [0, 0.1) is 11.7 Å². The lowest BCUT2D eigenvalue weighted by Crippen LogP contribution is -2.35. The van der Waals surface area contributed by atoms with E-state index in [0.717, 1.165) is 37.7 Å². The number of sulfonamides is 1. The zero-order valence-corrected chi connectivity index (χ0v) is 16.2. The van der Waals surface area contributed by atoms with E-state index in [4.69, 9.17) is 11.6 Å². The van der Waals surface area contributed by atoms with Crippen LogP contribution in [-0.4, -0.2) is 32.4 Å². The number of piperidine rings is 1. The monoisotopic (exact) mass is 411 g/mol. The first-order chi connectivity index (χ1) is 12.8. The largest absolute Gasteiger partial charge is 0.356 e. The lowest BCUT2D eigenvalue weighted by Gasteiger charge is -2.31. The Kier molecular flexibility index (Phi) is 5.67. The van der Waals surface area contributed by atoms with Crippen molar-refractivity contribution in [1.29, 1.82) is 0 Å². The molecule has 1 N–H and O–H groups in total. The molecule has 2 aromatic rings. The molecule has 1 unspecified atom stereocenters. The number of hydrogen-bond donors (Lipinski definition) is 1. The van der Waals surface area contributed by atoms with Gasteiger partial charge < -0.3 is 4.90 Å². The number of carbonyl (C=O) groups is 1. The van der Waals surface area contributed by atoms with E-state index in [1.807, 2.05) is 4.72 Å². The first-order valence-electron chi connectivity index (χ1n) is 8.49. The normalized spacial score (nSPS) is 17.6. The van der Waals surface area contributed by atoms with E-state index >= 15 is 0 Å². The molecule has 0 radical (unpaired) electrons. The molecule has 9 heteroatoms. The first-order valence-corrected chi connectivity index (χ1v) is 10.4. The Morgan fingerprint density at radius 2 is 2.11 bits per heavy atom. The van der Waals surface area contributed by atoms with Crippen molar-refractivity contribution in [2.75, 3.05) is 18.0 Å². The minimum Gasteiger partial charge on any atom is -0.356 e. The van der Waals surface area contributed by atoms with E-state index in [-0.39, 0.29) is 15.5 Å². The van der Waals surface area contributed by atoms with Gasteiger partial charge >= 0.3 is 0 Å². The summed E-state index contributed by atoms with van der Waals surface area (Å²) in [7, 11) is -4.13. The summed E-state index contributed by atoms with van der Waals surface area (Å²) < 4.78 is 39.9. The van der Waals surface area contributed by atoms with E-state index in [2.05, 4.69) is 16.8 Å². The van der Waals surface area contributed by atoms with Crippen molar-refractivity contribution in [3.8, 4) is 0 Å². The Hall–Kier alpha value is -2.19. The van der Waals surface area contributed by atoms with Crippen LogP contribution in [0.2, 0.25) is 5.02 Å². The maximum absolute atomic E-state index is 13.1. The predicted octanol–water partition coefficient (Wildman–Crippen LogP) is 3.23. The molecular formula is C18H19ClFN3O3S. The smallest absolute Gasteiger partial charge is 0.266 e. The zero-order chi connectivity index (χ0) is 19.6. The third kappa shape index (κ3) is 4.56. The maximum atomic E-state index is 13.1. The Morgan fingerprint density at radius 3 is 2.74 bits per heavy atom. The minimum atomic E-state index is -4.13. The second-order valence-corrected chi connectivity index (χ2v) is 8.69. The van der Waals surface area contributed by atoms with Crippen molar-refractivity contribution >= 4 is 33.3 Å². The number of nitrogens with zero attached hydrogens (tertiary/aromatic N) is 2. The topological polar surface area (TPSA) is 79.4 Å². The maximum Gasteiger partial charge on any atom is 0.266 e. The van der Waals surface area contributed by atoms with Crippen molar-refractivity contribution < 1.29 is 17.6 Å². The molecule has 144 valence electrons. The Balaban J connectivity index is 1.75. The summed E-state index contributed by atoms with van der Waals surface area (Å²) >= 11 is 5.80. The van der Waals surface area contributed by atoms with Gasteiger partial charge in [-0.05, 0) is 49.1 Å². The van der Waals surface area contributed by atoms with Crippen molar-refractivity contribution in [3.63, 3.8) is 0 Å². The fourth-order valence-electron chi connectivity index (χ4n) is 3.03. The number of carbonyl (C=O) groups excluding carboxylic acids is 1. The molecule has 1 aromatic heterocycles. The third-order valence-electron chi connectivity index (χ3n) is 4.41. The fraction of sp³-hybridized carbons (Fsp3) is 0.333. The number of rotatable bonds is 4. The highest BCUT2D eigenvalue weighted by atomic mass is 35.5. The van der Waals surface area contributed by atoms with Gasteiger partial charge in [0.15, 0.2) is 0 Å². The Bertz CT molecular complexity index is 951. The van der Waals surface area contributed by atoms with E-state index in [1.165, 1.54) is 18.7 Å². The number of amides is 1. The number of nitrogens with one attached hydrogen (secondary N) is 1. The molecule has 1 saturated heterocycles. The van der Waals surface area contributed by atoms with Crippen LogP contribution >= 0.6 is 11.6 Å². The van der Waals surface area contributed by atoms with Crippen LogP contribution in [0.4, 0.5) is 10.2 Å². The second-order valence-electron chi connectivity index (χ2n) is 6.60. The molecule has 3 rings (SSSR count). The summed E-state index contributed by atoms with van der Waals surface area (Å²) in [5, 5.41) is -0.171. The molecular weight excluding hydrogens is 393 g/mol. The highest BCUT2D eigenvalue weighted by Crippen LogP contribution is 2.22. The molecule has 0 aliphatic carbocycles. The van der Waals surface area contributed by atoms with Crippen molar-refractivity contribution in [2.45, 2.75) is 24.7 Å². The van der Waals surface area contributed by atoms with Crippen LogP contribution in [0.3, 0.4) is 0 Å². The molecule has 1 amide bonds. The number of aromatic nitrogens is 1. The molecule has 1 aromatic carbocycles. The van der Waals surface area contributed by atoms with Gasteiger partial charge in [0.05, 0.1) is 10.6 Å². The number of pyridine rings is 1. The summed E-state index contributed by atoms with van der Waals surface area (Å²) in [6.45, 7) is 3.92. The lowest BCUT2D eigenvalue weighted by molar-refractivity contribution is 0.0981. The van der Waals surface area contributed by atoms with Gasteiger partial charge in [-0.25, -0.2) is 22.5 Å². The summed E-state index contributed by atoms with van der Waals surface area (Å²) in [5.74, 6) is -0.294. The van der Waals surface area contributed by atoms with Crippen LogP contribution in [0.5, 0.6) is 0 Å². The van der Waals surface area contributed by atoms with Gasteiger partial charge in [-0.15, -0.1) is 0 Å². The molecule has 6 nitrogen and oxygen atoms in total. The molecule has 1 atom stereocenters. The lowest BCUT2D eigenvalue weighted by atomic mass is 10.0. The summed E-state index contributed by atoms with van der Waals surface area (Å²) in [4.78, 5) is 18.4. The predicted molar refractivity (Wildman–Crippen MR) is 101 cm³/mol. The number of anilines is 1. The summed E-state index contributed by atoms with van der Waals surface area (Å²) in [5.41, 5.74) is -0.131. The van der Waals surface area contributed by atoms with Crippen LogP contribution < -0.4 is 9.62 Å². The van der Waals surface area contributed by atoms with Crippen LogP contribution in [0.15, 0.2) is 41.4 Å². The average Bonchev–Trinajstić information content (AvgIpc) is 2.61. The SMILES string of the molecule is CC1CCCN(c2ccc(S(=O)(=O)NC(=O)c3ccc(F)cc3Cl)cn2)C1. The van der Waals surface area contributed by atoms with Crippen LogP contribution in [0.1, 0.15) is 30.1 Å². The van der Waals surface area contributed by atoms with Gasteiger partial charge in [0.1, 0.15) is 16.5 Å². The summed E-state index contributed by atoms with van der Waals surface area (Å²) in [6, 6.07) is 6.13. The van der Waals surface area contributed by atoms with Crippen LogP contribution in [-0.2, 0) is 10.0 Å². The minimum absolute atomic E-state index is 0.131. The Morgan fingerprint density at radius 1 is 1.33 bits per heavy atom. The van der Waals surface area contributed by atoms with E-state index in [9.17, 15) is 17.6 Å². The molecule has 0 saturated carbocycles. The second kappa shape index (κ2) is 7.82. The highest BCUT2D eigenvalue weighted by Gasteiger charge is 2.22. The number of hydrogen-bond acceptors (Lipinski definition) is 5. The third-order valence-corrected chi connectivity index (χ3v) is 6.04. The standard InChI is InChI=1S/C18H19ClFN3O3S/c1-12-3-2-8-23(11-12)17-7-5-14(10-21-17)27(25,26)22-18(24)15-6-4-13(20)9-16(15)19/h4-7,9-10,12H,2-3,8,11H2,1H3,(H,22,24). The molecule has 0 spiro atoms. The van der Waals surface area contributed by atoms with Gasteiger partial charge in [-0.1, -0.05) is 18.5 Å². The highest BCUT2D eigenvalue weighted by molar-refractivity contribution is 7.90. The van der Waals surface area contributed by atoms with Gasteiger partial charge in [-0.2, -0.15) is 0 Å². The first kappa shape index (κ1) is 19.6. The van der Waals surface area contributed by atoms with Crippen molar-refractivity contribution in [2.24, 2.45) is 5.92 Å².